The second kappa shape index (κ2) is 6.22. The van der Waals surface area contributed by atoms with Crippen molar-refractivity contribution in [1.82, 2.24) is 10.4 Å². The van der Waals surface area contributed by atoms with Gasteiger partial charge in [-0.2, -0.15) is 0 Å². The third-order valence-corrected chi connectivity index (χ3v) is 2.47. The molecule has 1 aliphatic heterocycles. The van der Waals surface area contributed by atoms with Gasteiger partial charge in [0, 0.05) is 19.2 Å². The lowest BCUT2D eigenvalue weighted by Gasteiger charge is -2.27. The van der Waals surface area contributed by atoms with Crippen molar-refractivity contribution in [3.63, 3.8) is 0 Å². The van der Waals surface area contributed by atoms with E-state index in [-0.39, 0.29) is 6.04 Å². The Bertz CT molecular complexity index is 212. The van der Waals surface area contributed by atoms with Gasteiger partial charge in [0.1, 0.15) is 0 Å². The van der Waals surface area contributed by atoms with Crippen LogP contribution in [0.1, 0.15) is 13.3 Å². The molecule has 0 aliphatic carbocycles. The summed E-state index contributed by atoms with van der Waals surface area (Å²) in [5.74, 6) is 0. The summed E-state index contributed by atoms with van der Waals surface area (Å²) in [5, 5.41) is 4.57. The number of hydrogen-bond acceptors (Lipinski definition) is 5. The molecule has 1 heterocycles. The molecule has 2 atom stereocenters. The van der Waals surface area contributed by atoms with Crippen LogP contribution >= 0.6 is 12.2 Å². The molecule has 1 N–H and O–H groups in total. The molecule has 0 aromatic carbocycles. The summed E-state index contributed by atoms with van der Waals surface area (Å²) in [7, 11) is 1.92. The standard InChI is InChI=1S/C9H17N3OS/c1-8(11-7-14)5-12(10-2)9-3-4-13-6-9/h8-10H,3-6H2,1-2H3/t8?,9-/m0/s1. The first-order valence-corrected chi connectivity index (χ1v) is 5.27. The molecule has 0 saturated carbocycles. The Balaban J connectivity index is 2.40. The fraction of sp³-hybridized carbons (Fsp3) is 0.889. The summed E-state index contributed by atoms with van der Waals surface area (Å²) in [6.07, 6.45) is 1.08. The van der Waals surface area contributed by atoms with Gasteiger partial charge < -0.3 is 4.74 Å². The zero-order chi connectivity index (χ0) is 10.4. The third-order valence-electron chi connectivity index (χ3n) is 2.37. The van der Waals surface area contributed by atoms with Crippen molar-refractivity contribution in [3.05, 3.63) is 0 Å². The maximum absolute atomic E-state index is 5.33. The predicted octanol–water partition coefficient (Wildman–Crippen LogP) is 0.703. The normalized spacial score (nSPS) is 23.5. The van der Waals surface area contributed by atoms with E-state index >= 15 is 0 Å². The Morgan fingerprint density at radius 3 is 3.07 bits per heavy atom. The fourth-order valence-corrected chi connectivity index (χ4v) is 1.79. The molecule has 14 heavy (non-hydrogen) atoms. The molecular formula is C9H17N3OS. The van der Waals surface area contributed by atoms with E-state index in [9.17, 15) is 0 Å². The summed E-state index contributed by atoms with van der Waals surface area (Å²) >= 11 is 4.57. The van der Waals surface area contributed by atoms with Crippen molar-refractivity contribution in [2.75, 3.05) is 26.8 Å². The van der Waals surface area contributed by atoms with E-state index in [4.69, 9.17) is 4.74 Å². The number of isothiocyanates is 1. The van der Waals surface area contributed by atoms with Gasteiger partial charge in [-0.25, -0.2) is 10.0 Å². The van der Waals surface area contributed by atoms with E-state index in [1.54, 1.807) is 0 Å². The molecule has 1 aliphatic rings. The number of ether oxygens (including phenoxy) is 1. The number of thiocarbonyl (C=S) groups is 1. The highest BCUT2D eigenvalue weighted by molar-refractivity contribution is 7.78. The first-order chi connectivity index (χ1) is 6.77. The van der Waals surface area contributed by atoms with Gasteiger partial charge in [0.05, 0.1) is 17.8 Å². The molecular weight excluding hydrogens is 198 g/mol. The average Bonchev–Trinajstić information content (AvgIpc) is 2.67. The largest absolute Gasteiger partial charge is 0.380 e. The van der Waals surface area contributed by atoms with E-state index in [0.29, 0.717) is 6.04 Å². The molecule has 1 saturated heterocycles. The first-order valence-electron chi connectivity index (χ1n) is 4.86. The van der Waals surface area contributed by atoms with Gasteiger partial charge in [-0.1, -0.05) is 0 Å². The van der Waals surface area contributed by atoms with Crippen LogP contribution in [0.2, 0.25) is 0 Å². The lowest BCUT2D eigenvalue weighted by molar-refractivity contribution is 0.107. The fourth-order valence-electron chi connectivity index (χ4n) is 1.61. The second-order valence-electron chi connectivity index (χ2n) is 3.46. The van der Waals surface area contributed by atoms with Crippen LogP contribution < -0.4 is 5.43 Å². The molecule has 0 spiro atoms. The Morgan fingerprint density at radius 1 is 1.79 bits per heavy atom. The Kier molecular flexibility index (Phi) is 5.22. The topological polar surface area (TPSA) is 36.9 Å². The molecule has 0 radical (unpaired) electrons. The van der Waals surface area contributed by atoms with Gasteiger partial charge in [0.15, 0.2) is 0 Å². The van der Waals surface area contributed by atoms with E-state index < -0.39 is 0 Å². The third kappa shape index (κ3) is 3.44. The molecule has 0 aromatic heterocycles. The molecule has 5 heteroatoms. The smallest absolute Gasteiger partial charge is 0.0715 e. The number of hydrogen-bond donors (Lipinski definition) is 1. The van der Waals surface area contributed by atoms with Gasteiger partial charge in [-0.05, 0) is 32.6 Å². The van der Waals surface area contributed by atoms with Gasteiger partial charge in [-0.15, -0.1) is 0 Å². The number of rotatable bonds is 5. The molecule has 0 bridgehead atoms. The van der Waals surface area contributed by atoms with Crippen LogP contribution in [-0.4, -0.2) is 49.1 Å². The van der Waals surface area contributed by atoms with Crippen molar-refractivity contribution in [1.29, 1.82) is 0 Å². The number of hydrazine groups is 1. The molecule has 1 rings (SSSR count). The first kappa shape index (κ1) is 11.8. The van der Waals surface area contributed by atoms with Crippen molar-refractivity contribution >= 4 is 17.4 Å². The van der Waals surface area contributed by atoms with Crippen LogP contribution in [0.25, 0.3) is 0 Å². The highest BCUT2D eigenvalue weighted by Gasteiger charge is 2.23. The highest BCUT2D eigenvalue weighted by Crippen LogP contribution is 2.10. The summed E-state index contributed by atoms with van der Waals surface area (Å²) in [6.45, 7) is 4.52. The van der Waals surface area contributed by atoms with Crippen LogP contribution in [0.4, 0.5) is 0 Å². The van der Waals surface area contributed by atoms with E-state index in [1.165, 1.54) is 0 Å². The summed E-state index contributed by atoms with van der Waals surface area (Å²) in [6, 6.07) is 0.642. The van der Waals surface area contributed by atoms with E-state index in [0.717, 1.165) is 26.2 Å². The van der Waals surface area contributed by atoms with E-state index in [1.807, 2.05) is 14.0 Å². The molecule has 0 amide bonds. The zero-order valence-corrected chi connectivity index (χ0v) is 9.51. The van der Waals surface area contributed by atoms with Crippen molar-refractivity contribution in [3.8, 4) is 0 Å². The van der Waals surface area contributed by atoms with Crippen LogP contribution in [0.15, 0.2) is 4.99 Å². The van der Waals surface area contributed by atoms with Crippen LogP contribution in [0.5, 0.6) is 0 Å². The molecule has 0 aromatic rings. The van der Waals surface area contributed by atoms with Crippen LogP contribution in [0.3, 0.4) is 0 Å². The van der Waals surface area contributed by atoms with Crippen molar-refractivity contribution in [2.45, 2.75) is 25.4 Å². The van der Waals surface area contributed by atoms with Gasteiger partial charge in [0.25, 0.3) is 0 Å². The molecule has 1 fully saturated rings. The summed E-state index contributed by atoms with van der Waals surface area (Å²) in [4.78, 5) is 4.03. The molecule has 4 nitrogen and oxygen atoms in total. The monoisotopic (exact) mass is 215 g/mol. The lowest BCUT2D eigenvalue weighted by atomic mass is 10.2. The minimum Gasteiger partial charge on any atom is -0.380 e. The Labute approximate surface area is 90.3 Å². The zero-order valence-electron chi connectivity index (χ0n) is 8.69. The van der Waals surface area contributed by atoms with E-state index in [2.05, 4.69) is 32.8 Å². The average molecular weight is 215 g/mol. The highest BCUT2D eigenvalue weighted by atomic mass is 32.1. The second-order valence-corrected chi connectivity index (χ2v) is 3.65. The maximum atomic E-state index is 5.33. The maximum Gasteiger partial charge on any atom is 0.0715 e. The summed E-state index contributed by atoms with van der Waals surface area (Å²) < 4.78 is 5.33. The number of nitrogens with zero attached hydrogens (tertiary/aromatic N) is 2. The minimum absolute atomic E-state index is 0.181. The Hall–Kier alpha value is -0.320. The van der Waals surface area contributed by atoms with Crippen LogP contribution in [0, 0.1) is 0 Å². The molecule has 80 valence electrons. The predicted molar refractivity (Wildman–Crippen MR) is 59.5 cm³/mol. The van der Waals surface area contributed by atoms with Gasteiger partial charge >= 0.3 is 0 Å². The SMILES string of the molecule is CNN(CC(C)N=C=S)[C@H]1CCOC1. The Morgan fingerprint density at radius 2 is 2.57 bits per heavy atom. The quantitative estimate of drug-likeness (QED) is 0.416. The van der Waals surface area contributed by atoms with Gasteiger partial charge in [0.2, 0.25) is 0 Å². The lowest BCUT2D eigenvalue weighted by Crippen LogP contribution is -2.47. The van der Waals surface area contributed by atoms with Crippen molar-refractivity contribution in [2.24, 2.45) is 4.99 Å². The van der Waals surface area contributed by atoms with Crippen LogP contribution in [-0.2, 0) is 4.74 Å². The van der Waals surface area contributed by atoms with Crippen molar-refractivity contribution < 1.29 is 4.74 Å². The molecule has 1 unspecified atom stereocenters. The van der Waals surface area contributed by atoms with Gasteiger partial charge in [-0.3, -0.25) is 5.43 Å². The number of aliphatic imine (C=N–C) groups is 1. The summed E-state index contributed by atoms with van der Waals surface area (Å²) in [5.41, 5.74) is 3.16. The minimum atomic E-state index is 0.181. The number of nitrogens with one attached hydrogen (secondary N) is 1.